The van der Waals surface area contributed by atoms with Gasteiger partial charge in [-0.1, -0.05) is 42.5 Å². The van der Waals surface area contributed by atoms with E-state index in [4.69, 9.17) is 10.5 Å². The van der Waals surface area contributed by atoms with Crippen LogP contribution in [0.5, 0.6) is 0 Å². The van der Waals surface area contributed by atoms with Gasteiger partial charge in [-0.2, -0.15) is 4.31 Å². The van der Waals surface area contributed by atoms with Gasteiger partial charge in [0.1, 0.15) is 28.4 Å². The van der Waals surface area contributed by atoms with E-state index in [0.29, 0.717) is 57.5 Å². The number of nitrogens with one attached hydrogen (secondary N) is 3. The van der Waals surface area contributed by atoms with Crippen LogP contribution in [0.3, 0.4) is 0 Å². The summed E-state index contributed by atoms with van der Waals surface area (Å²) in [5.41, 5.74) is 8.02. The highest BCUT2D eigenvalue weighted by Crippen LogP contribution is 2.34. The minimum Gasteiger partial charge on any atom is -0.444 e. The summed E-state index contributed by atoms with van der Waals surface area (Å²) in [7, 11) is -7.68. The molecule has 0 unspecified atom stereocenters. The normalized spacial score (nSPS) is 14.0. The van der Waals surface area contributed by atoms with Crippen molar-refractivity contribution in [2.45, 2.75) is 81.4 Å². The monoisotopic (exact) mass is 952 g/mol. The minimum absolute atomic E-state index is 0.0506. The lowest BCUT2D eigenvalue weighted by molar-refractivity contribution is 0.0489. The predicted molar refractivity (Wildman–Crippen MR) is 251 cm³/mol. The van der Waals surface area contributed by atoms with Crippen molar-refractivity contribution in [1.82, 2.24) is 44.2 Å². The molecule has 5 heterocycles. The lowest BCUT2D eigenvalue weighted by atomic mass is 10.0. The maximum atomic E-state index is 15.3. The van der Waals surface area contributed by atoms with Gasteiger partial charge in [0.25, 0.3) is 0 Å². The number of sulfonamides is 2. The number of aromatic amines is 1. The molecule has 20 heteroatoms. The average molecular weight is 953 g/mol. The molecule has 0 saturated carbocycles. The number of piperidine rings is 1. The smallest absolute Gasteiger partial charge is 0.407 e. The Morgan fingerprint density at radius 1 is 0.746 bits per heavy atom. The van der Waals surface area contributed by atoms with Crippen LogP contribution < -0.4 is 15.8 Å². The summed E-state index contributed by atoms with van der Waals surface area (Å²) >= 11 is 0. The summed E-state index contributed by atoms with van der Waals surface area (Å²) in [6.45, 7) is 11.1. The van der Waals surface area contributed by atoms with Crippen molar-refractivity contribution in [3.63, 3.8) is 0 Å². The first-order valence-corrected chi connectivity index (χ1v) is 24.1. The molecule has 0 bridgehead atoms. The second kappa shape index (κ2) is 19.2. The first-order valence-electron chi connectivity index (χ1n) is 21.1. The van der Waals surface area contributed by atoms with Gasteiger partial charge < -0.3 is 20.8 Å². The van der Waals surface area contributed by atoms with Crippen molar-refractivity contribution in [2.24, 2.45) is 0 Å². The van der Waals surface area contributed by atoms with Gasteiger partial charge in [-0.15, -0.1) is 0 Å². The summed E-state index contributed by atoms with van der Waals surface area (Å²) in [5.74, 6) is -1.08. The molecule has 1 aliphatic rings. The number of halogens is 2. The molecule has 1 saturated heterocycles. The molecule has 0 aliphatic carbocycles. The van der Waals surface area contributed by atoms with Crippen molar-refractivity contribution in [2.75, 3.05) is 18.8 Å². The Hall–Kier alpha value is -6.74. The Bertz CT molecular complexity index is 3150. The largest absolute Gasteiger partial charge is 0.444 e. The van der Waals surface area contributed by atoms with Crippen LogP contribution >= 0.6 is 0 Å². The van der Waals surface area contributed by atoms with E-state index in [1.165, 1.54) is 53.4 Å². The molecule has 0 atom stereocenters. The summed E-state index contributed by atoms with van der Waals surface area (Å²) in [6.07, 6.45) is 7.77. The number of hydrogen-bond donors (Lipinski definition) is 4. The van der Waals surface area contributed by atoms with Crippen LogP contribution in [-0.2, 0) is 24.8 Å². The Labute approximate surface area is 387 Å². The Morgan fingerprint density at radius 3 is 1.99 bits per heavy atom. The van der Waals surface area contributed by atoms with Gasteiger partial charge in [0.05, 0.1) is 21.7 Å². The zero-order chi connectivity index (χ0) is 48.3. The molecule has 16 nitrogen and oxygen atoms in total. The summed E-state index contributed by atoms with van der Waals surface area (Å²) in [5, 5.41) is 2.82. The van der Waals surface area contributed by atoms with E-state index in [1.807, 2.05) is 0 Å². The van der Waals surface area contributed by atoms with E-state index in [-0.39, 0.29) is 46.1 Å². The van der Waals surface area contributed by atoms with E-state index in [9.17, 15) is 26.0 Å². The van der Waals surface area contributed by atoms with Crippen molar-refractivity contribution in [1.29, 1.82) is 0 Å². The molecule has 350 valence electrons. The molecule has 5 N–H and O–H groups in total. The second-order valence-corrected chi connectivity index (χ2v) is 21.3. The zero-order valence-corrected chi connectivity index (χ0v) is 39.2. The average Bonchev–Trinajstić information content (AvgIpc) is 3.74. The van der Waals surface area contributed by atoms with Crippen LogP contribution in [0.25, 0.3) is 55.9 Å². The Morgan fingerprint density at radius 2 is 1.36 bits per heavy atom. The summed E-state index contributed by atoms with van der Waals surface area (Å²) < 4.78 is 92.3. The molecule has 8 rings (SSSR count). The SMILES string of the molecule is CC(C)(C)NS(=O)(=O)c1ccccc1-c1cnc(-c2cnc(N)nc2)c(F)c1.CC(C)(C)OC(=O)NC1CCN(S(=O)(=O)c2ccccc2-c2ccc(-c3cnc4[nH]ccc4n3)c(F)c2)CC1. The molecule has 1 aliphatic heterocycles. The Kier molecular flexibility index (Phi) is 13.8. The lowest BCUT2D eigenvalue weighted by Gasteiger charge is -2.32. The van der Waals surface area contributed by atoms with Crippen LogP contribution in [0.15, 0.2) is 120 Å². The maximum absolute atomic E-state index is 15.3. The fourth-order valence-corrected chi connectivity index (χ4v) is 10.6. The third kappa shape index (κ3) is 11.6. The molecular weight excluding hydrogens is 903 g/mol. The number of H-pyrrole nitrogens is 1. The molecule has 67 heavy (non-hydrogen) atoms. The Balaban J connectivity index is 0.000000210. The van der Waals surface area contributed by atoms with E-state index in [0.717, 1.165) is 0 Å². The van der Waals surface area contributed by atoms with E-state index in [1.54, 1.807) is 102 Å². The standard InChI is InChI=1S/C28H30FN5O4S.C19H20FN5O2S/c1-28(2,3)38-27(35)32-19-11-14-34(15-12-19)39(36,37)25-7-5-4-6-20(25)18-8-9-21(22(29)16-18)24-17-31-26-23(33-24)10-13-30-26;1-19(2,3)25-28(26,27)16-7-5-4-6-14(16)12-8-15(20)17(22-9-12)13-10-23-18(21)24-11-13/h4-10,13,16-17,19H,11-12,14-15H2,1-3H3,(H,30,31)(H,32,35);4-11,25H,1-3H3,(H2,21,23,24). The highest BCUT2D eigenvalue weighted by atomic mass is 32.2. The van der Waals surface area contributed by atoms with Gasteiger partial charge in [-0.3, -0.25) is 4.98 Å². The van der Waals surface area contributed by atoms with Gasteiger partial charge in [0.15, 0.2) is 5.65 Å². The number of fused-ring (bicyclic) bond motifs is 1. The number of anilines is 1. The number of nitrogens with two attached hydrogens (primary N) is 1. The van der Waals surface area contributed by atoms with Crippen molar-refractivity contribution < 1.29 is 35.1 Å². The first-order chi connectivity index (χ1) is 31.6. The molecule has 1 fully saturated rings. The second-order valence-electron chi connectivity index (χ2n) is 17.7. The molecular formula is C47H50F2N10O6S2. The number of nitrogen functional groups attached to an aromatic ring is 1. The molecule has 0 spiro atoms. The number of ether oxygens (including phenoxy) is 1. The zero-order valence-electron chi connectivity index (χ0n) is 37.6. The predicted octanol–water partition coefficient (Wildman–Crippen LogP) is 8.11. The number of amides is 1. The van der Waals surface area contributed by atoms with Gasteiger partial charge in [0, 0.05) is 77.3 Å². The highest BCUT2D eigenvalue weighted by molar-refractivity contribution is 7.89. The van der Waals surface area contributed by atoms with Crippen LogP contribution in [0.1, 0.15) is 54.4 Å². The highest BCUT2D eigenvalue weighted by Gasteiger charge is 2.33. The molecule has 7 aromatic rings. The molecule has 4 aromatic heterocycles. The van der Waals surface area contributed by atoms with E-state index in [2.05, 4.69) is 39.9 Å². The molecule has 1 amide bonds. The fraction of sp³-hybridized carbons (Fsp3) is 0.277. The number of benzene rings is 3. The van der Waals surface area contributed by atoms with E-state index < -0.39 is 48.9 Å². The number of carbonyl (C=O) groups is 1. The van der Waals surface area contributed by atoms with E-state index >= 15 is 4.39 Å². The van der Waals surface area contributed by atoms with Crippen molar-refractivity contribution in [3.8, 4) is 44.8 Å². The van der Waals surface area contributed by atoms with Gasteiger partial charge >= 0.3 is 6.09 Å². The van der Waals surface area contributed by atoms with Gasteiger partial charge in [-0.25, -0.2) is 55.1 Å². The topological polar surface area (TPSA) is 228 Å². The van der Waals surface area contributed by atoms with Crippen LogP contribution in [-0.4, -0.2) is 87.4 Å². The summed E-state index contributed by atoms with van der Waals surface area (Å²) in [6, 6.07) is 20.4. The minimum atomic E-state index is -3.87. The van der Waals surface area contributed by atoms with Gasteiger partial charge in [0.2, 0.25) is 26.0 Å². The maximum Gasteiger partial charge on any atom is 0.407 e. The number of carbonyl (C=O) groups excluding carboxylic acids is 1. The third-order valence-corrected chi connectivity index (χ3v) is 14.0. The number of aromatic nitrogens is 6. The van der Waals surface area contributed by atoms with Crippen LogP contribution in [0.4, 0.5) is 19.5 Å². The quantitative estimate of drug-likeness (QED) is 0.108. The number of hydrogen-bond acceptors (Lipinski definition) is 12. The van der Waals surface area contributed by atoms with Gasteiger partial charge in [-0.05, 0) is 96.3 Å². The van der Waals surface area contributed by atoms with Crippen LogP contribution in [0, 0.1) is 11.6 Å². The van der Waals surface area contributed by atoms with Crippen LogP contribution in [0.2, 0.25) is 0 Å². The van der Waals surface area contributed by atoms with Crippen molar-refractivity contribution >= 4 is 43.3 Å². The molecule has 3 aromatic carbocycles. The molecule has 0 radical (unpaired) electrons. The number of rotatable bonds is 9. The third-order valence-electron chi connectivity index (χ3n) is 10.2. The number of nitrogens with zero attached hydrogens (tertiary/aromatic N) is 6. The number of pyridine rings is 1. The summed E-state index contributed by atoms with van der Waals surface area (Å²) in [4.78, 5) is 35.8. The first kappa shape index (κ1) is 48.2. The fourth-order valence-electron chi connectivity index (χ4n) is 7.29. The number of alkyl carbamates (subject to hydrolysis) is 1. The van der Waals surface area contributed by atoms with Crippen molar-refractivity contribution in [3.05, 3.63) is 121 Å². The lowest BCUT2D eigenvalue weighted by Crippen LogP contribution is -2.47.